The first kappa shape index (κ1) is 25.9. The second-order valence-corrected chi connectivity index (χ2v) is 11.6. The maximum absolute atomic E-state index is 13.6. The summed E-state index contributed by atoms with van der Waals surface area (Å²) in [5.41, 5.74) is 1.85. The van der Waals surface area contributed by atoms with Crippen LogP contribution in [0.15, 0.2) is 47.4 Å². The van der Waals surface area contributed by atoms with Crippen LogP contribution < -0.4 is 14.8 Å². The first-order valence-electron chi connectivity index (χ1n) is 12.4. The predicted molar refractivity (Wildman–Crippen MR) is 133 cm³/mol. The standard InChI is InChI=1S/C26H32N2O8S/c1-17-2-6-21(7-3-17)37(31,32)28-13-19(29)14-33-15-25-22(28)8-5-20(36-25)11-26(30)27-12-18-4-9-23-24(10-18)35-16-34-23/h2-4,6-7,9-10,19-20,22,25,29H,5,8,11-16H2,1H3,(H,27,30)/t19-,20-,22+,25-/m0/s1. The van der Waals surface area contributed by atoms with Gasteiger partial charge in [-0.05, 0) is 49.6 Å². The van der Waals surface area contributed by atoms with Crippen molar-refractivity contribution in [3.8, 4) is 11.5 Å². The third-order valence-electron chi connectivity index (χ3n) is 6.90. The number of fused-ring (bicyclic) bond motifs is 2. The van der Waals surface area contributed by atoms with Crippen LogP contribution in [0.25, 0.3) is 0 Å². The van der Waals surface area contributed by atoms with E-state index in [1.807, 2.05) is 25.1 Å². The van der Waals surface area contributed by atoms with Crippen molar-refractivity contribution in [1.29, 1.82) is 0 Å². The molecule has 2 aromatic rings. The Labute approximate surface area is 216 Å². The van der Waals surface area contributed by atoms with Crippen molar-refractivity contribution in [3.63, 3.8) is 0 Å². The number of nitrogens with one attached hydrogen (secondary N) is 1. The van der Waals surface area contributed by atoms with E-state index in [0.717, 1.165) is 11.1 Å². The van der Waals surface area contributed by atoms with Gasteiger partial charge in [0, 0.05) is 13.1 Å². The molecule has 0 aliphatic carbocycles. The number of aliphatic hydroxyl groups excluding tert-OH is 1. The first-order valence-corrected chi connectivity index (χ1v) is 13.9. The second-order valence-electron chi connectivity index (χ2n) is 9.69. The van der Waals surface area contributed by atoms with Gasteiger partial charge < -0.3 is 29.4 Å². The molecule has 200 valence electrons. The molecular weight excluding hydrogens is 500 g/mol. The molecule has 4 atom stereocenters. The lowest BCUT2D eigenvalue weighted by atomic mass is 9.96. The lowest BCUT2D eigenvalue weighted by Gasteiger charge is -2.43. The Bertz CT molecular complexity index is 1220. The average molecular weight is 533 g/mol. The molecule has 37 heavy (non-hydrogen) atoms. The number of aryl methyl sites for hydroxylation is 1. The molecule has 1 amide bonds. The summed E-state index contributed by atoms with van der Waals surface area (Å²) in [5.74, 6) is 1.19. The fraction of sp³-hybridized carbons (Fsp3) is 0.500. The minimum atomic E-state index is -3.87. The Morgan fingerprint density at radius 1 is 1.08 bits per heavy atom. The first-order chi connectivity index (χ1) is 17.8. The molecule has 11 heteroatoms. The van der Waals surface area contributed by atoms with Crippen LogP contribution in [0.4, 0.5) is 0 Å². The summed E-state index contributed by atoms with van der Waals surface area (Å²) in [6.07, 6.45) is -0.703. The average Bonchev–Trinajstić information content (AvgIpc) is 3.34. The number of ether oxygens (including phenoxy) is 4. The molecule has 10 nitrogen and oxygen atoms in total. The number of nitrogens with zero attached hydrogens (tertiary/aromatic N) is 1. The second kappa shape index (κ2) is 11.0. The van der Waals surface area contributed by atoms with Gasteiger partial charge in [0.25, 0.3) is 0 Å². The molecule has 0 radical (unpaired) electrons. The fourth-order valence-electron chi connectivity index (χ4n) is 4.95. The lowest BCUT2D eigenvalue weighted by Crippen LogP contribution is -2.57. The number of amides is 1. The van der Waals surface area contributed by atoms with Crippen LogP contribution in [0.1, 0.15) is 30.4 Å². The van der Waals surface area contributed by atoms with E-state index in [1.54, 1.807) is 24.3 Å². The number of carbonyl (C=O) groups is 1. The zero-order valence-corrected chi connectivity index (χ0v) is 21.5. The van der Waals surface area contributed by atoms with Gasteiger partial charge in [-0.2, -0.15) is 4.31 Å². The van der Waals surface area contributed by atoms with E-state index in [4.69, 9.17) is 18.9 Å². The maximum Gasteiger partial charge on any atom is 0.243 e. The third-order valence-corrected chi connectivity index (χ3v) is 8.81. The van der Waals surface area contributed by atoms with Gasteiger partial charge in [0.2, 0.25) is 22.7 Å². The van der Waals surface area contributed by atoms with Gasteiger partial charge in [0.15, 0.2) is 11.5 Å². The Kier molecular flexibility index (Phi) is 7.68. The topological polar surface area (TPSA) is 124 Å². The quantitative estimate of drug-likeness (QED) is 0.577. The molecule has 2 aromatic carbocycles. The Balaban J connectivity index is 1.22. The molecule has 3 aliphatic heterocycles. The van der Waals surface area contributed by atoms with E-state index in [0.29, 0.717) is 30.9 Å². The molecule has 3 aliphatic rings. The van der Waals surface area contributed by atoms with Gasteiger partial charge in [0.1, 0.15) is 0 Å². The van der Waals surface area contributed by atoms with Gasteiger partial charge in [-0.25, -0.2) is 8.42 Å². The molecule has 2 N–H and O–H groups in total. The maximum atomic E-state index is 13.6. The van der Waals surface area contributed by atoms with Gasteiger partial charge in [0.05, 0.1) is 48.9 Å². The van der Waals surface area contributed by atoms with Crippen molar-refractivity contribution in [2.24, 2.45) is 0 Å². The minimum absolute atomic E-state index is 0.00713. The van der Waals surface area contributed by atoms with Crippen molar-refractivity contribution in [2.45, 2.75) is 62.0 Å². The number of benzene rings is 2. The van der Waals surface area contributed by atoms with Gasteiger partial charge in [-0.1, -0.05) is 23.8 Å². The normalized spacial score (nSPS) is 26.1. The number of carbonyl (C=O) groups excluding carboxylic acids is 1. The van der Waals surface area contributed by atoms with E-state index >= 15 is 0 Å². The van der Waals surface area contributed by atoms with Crippen molar-refractivity contribution < 1.29 is 37.3 Å². The Hall–Kier alpha value is -2.70. The number of rotatable bonds is 6. The van der Waals surface area contributed by atoms with Crippen molar-refractivity contribution in [3.05, 3.63) is 53.6 Å². The highest BCUT2D eigenvalue weighted by atomic mass is 32.2. The molecule has 5 rings (SSSR count). The summed E-state index contributed by atoms with van der Waals surface area (Å²) < 4.78 is 51.0. The summed E-state index contributed by atoms with van der Waals surface area (Å²) in [4.78, 5) is 12.8. The summed E-state index contributed by atoms with van der Waals surface area (Å²) in [7, 11) is -3.87. The highest BCUT2D eigenvalue weighted by Gasteiger charge is 2.43. The molecule has 0 aromatic heterocycles. The monoisotopic (exact) mass is 532 g/mol. The molecule has 0 saturated carbocycles. The van der Waals surface area contributed by atoms with E-state index in [9.17, 15) is 18.3 Å². The van der Waals surface area contributed by atoms with Crippen molar-refractivity contribution >= 4 is 15.9 Å². The highest BCUT2D eigenvalue weighted by molar-refractivity contribution is 7.89. The number of β-amino-alcohol motifs (C(OH)–C–C–N with tert-alkyl or cyclic N) is 1. The largest absolute Gasteiger partial charge is 0.454 e. The Morgan fingerprint density at radius 2 is 1.86 bits per heavy atom. The van der Waals surface area contributed by atoms with Crippen LogP contribution in [-0.4, -0.2) is 74.6 Å². The summed E-state index contributed by atoms with van der Waals surface area (Å²) in [6.45, 7) is 2.49. The lowest BCUT2D eigenvalue weighted by molar-refractivity contribution is -0.146. The summed E-state index contributed by atoms with van der Waals surface area (Å²) in [6, 6.07) is 11.7. The SMILES string of the molecule is Cc1ccc(S(=O)(=O)N2C[C@H](O)COC[C@@H]3O[C@H](CC(=O)NCc4ccc5c(c4)OCO5)CC[C@H]32)cc1. The minimum Gasteiger partial charge on any atom is -0.454 e. The molecule has 3 heterocycles. The van der Waals surface area contributed by atoms with Crippen LogP contribution in [0.3, 0.4) is 0 Å². The van der Waals surface area contributed by atoms with Crippen LogP contribution in [0.2, 0.25) is 0 Å². The van der Waals surface area contributed by atoms with E-state index in [2.05, 4.69) is 5.32 Å². The molecule has 0 bridgehead atoms. The zero-order valence-electron chi connectivity index (χ0n) is 20.7. The fourth-order valence-corrected chi connectivity index (χ4v) is 6.66. The van der Waals surface area contributed by atoms with Gasteiger partial charge in [-0.15, -0.1) is 0 Å². The van der Waals surface area contributed by atoms with E-state index < -0.39 is 28.3 Å². The number of sulfonamides is 1. The van der Waals surface area contributed by atoms with E-state index in [-0.39, 0.29) is 49.9 Å². The predicted octanol–water partition coefficient (Wildman–Crippen LogP) is 1.73. The number of hydrogen-bond acceptors (Lipinski definition) is 8. The van der Waals surface area contributed by atoms with Crippen LogP contribution in [-0.2, 0) is 30.8 Å². The molecule has 0 unspecified atom stereocenters. The number of hydrogen-bond donors (Lipinski definition) is 2. The van der Waals surface area contributed by atoms with Crippen LogP contribution >= 0.6 is 0 Å². The van der Waals surface area contributed by atoms with Crippen molar-refractivity contribution in [1.82, 2.24) is 9.62 Å². The van der Waals surface area contributed by atoms with Gasteiger partial charge in [-0.3, -0.25) is 4.79 Å². The van der Waals surface area contributed by atoms with Crippen LogP contribution in [0.5, 0.6) is 11.5 Å². The van der Waals surface area contributed by atoms with Crippen LogP contribution in [0, 0.1) is 6.92 Å². The molecule has 0 spiro atoms. The molecular formula is C26H32N2O8S. The Morgan fingerprint density at radius 3 is 2.68 bits per heavy atom. The summed E-state index contributed by atoms with van der Waals surface area (Å²) in [5, 5.41) is 13.3. The number of aliphatic hydroxyl groups is 1. The molecule has 2 fully saturated rings. The van der Waals surface area contributed by atoms with Crippen molar-refractivity contribution in [2.75, 3.05) is 26.6 Å². The zero-order chi connectivity index (χ0) is 26.0. The molecule has 2 saturated heterocycles. The third kappa shape index (κ3) is 5.91. The van der Waals surface area contributed by atoms with E-state index in [1.165, 1.54) is 4.31 Å². The highest BCUT2D eigenvalue weighted by Crippen LogP contribution is 2.33. The van der Waals surface area contributed by atoms with Gasteiger partial charge >= 0.3 is 0 Å². The summed E-state index contributed by atoms with van der Waals surface area (Å²) >= 11 is 0. The smallest absolute Gasteiger partial charge is 0.243 e.